The maximum Gasteiger partial charge on any atom is 0.330 e. The van der Waals surface area contributed by atoms with Crippen molar-refractivity contribution in [1.82, 2.24) is 0 Å². The van der Waals surface area contributed by atoms with Gasteiger partial charge in [0.2, 0.25) is 0 Å². The number of rotatable bonds is 10. The largest absolute Gasteiger partial charge is 0.460 e. The Morgan fingerprint density at radius 2 is 1.24 bits per heavy atom. The van der Waals surface area contributed by atoms with E-state index >= 15 is 0 Å². The molecule has 18 heteroatoms. The fourth-order valence-electron chi connectivity index (χ4n) is 8.95. The Morgan fingerprint density at radius 3 is 1.89 bits per heavy atom. The molecular formula is C36H58O18. The van der Waals surface area contributed by atoms with Gasteiger partial charge in [-0.2, -0.15) is 0 Å². The molecule has 54 heavy (non-hydrogen) atoms. The zero-order valence-corrected chi connectivity index (χ0v) is 30.0. The molecule has 3 aliphatic carbocycles. The van der Waals surface area contributed by atoms with Crippen molar-refractivity contribution in [3.05, 3.63) is 12.2 Å². The van der Waals surface area contributed by atoms with Gasteiger partial charge >= 0.3 is 5.97 Å². The first-order valence-electron chi connectivity index (χ1n) is 19.3. The number of ether oxygens (including phenoxy) is 6. The van der Waals surface area contributed by atoms with Crippen LogP contribution in [0, 0.1) is 17.8 Å². The number of esters is 1. The van der Waals surface area contributed by atoms with E-state index in [4.69, 9.17) is 28.4 Å². The third-order valence-electron chi connectivity index (χ3n) is 12.2. The first-order chi connectivity index (χ1) is 25.7. The zero-order chi connectivity index (χ0) is 38.8. The molecule has 18 nitrogen and oxygen atoms in total. The van der Waals surface area contributed by atoms with Crippen molar-refractivity contribution in [1.29, 1.82) is 0 Å². The number of aliphatic hydroxyl groups excluding tert-OH is 11. The van der Waals surface area contributed by atoms with Gasteiger partial charge < -0.3 is 84.6 Å². The van der Waals surface area contributed by atoms with Crippen LogP contribution in [0.25, 0.3) is 0 Å². The standard InChI is InChI=1S/C36H58O18/c37-13-25-28(43)30(45)32(47)36(53-25)52-24-12-19-22(50-34(24)16-4-7-20(40)21(41)9-16)10-18(39)11-23(19)51-35-33(48)31(46)29(44)26(54-35)14-49-27(42)8-3-15-1-5-17(38)6-2-15/h3,8,15-26,28-41,43-48H,1-2,4-7,9-14H2/t15?,16?,17?,18?,19?,20?,21?,22?,23?,24?,25-,26-,28-,29-,30+,31+,32-,33-,34?,35-,36-/m1/s1. The molecule has 0 aromatic heterocycles. The Kier molecular flexibility index (Phi) is 14.4. The maximum atomic E-state index is 12.5. The molecule has 19 atom stereocenters. The molecule has 3 saturated carbocycles. The third kappa shape index (κ3) is 9.63. The van der Waals surface area contributed by atoms with E-state index < -0.39 is 129 Å². The van der Waals surface area contributed by atoms with Crippen LogP contribution >= 0.6 is 0 Å². The van der Waals surface area contributed by atoms with Gasteiger partial charge in [-0.1, -0.05) is 6.08 Å². The highest BCUT2D eigenvalue weighted by atomic mass is 16.7. The molecular weight excluding hydrogens is 720 g/mol. The van der Waals surface area contributed by atoms with Crippen molar-refractivity contribution < 1.29 is 89.4 Å². The molecule has 0 aromatic carbocycles. The lowest BCUT2D eigenvalue weighted by Gasteiger charge is -2.52. The molecule has 0 spiro atoms. The number of allylic oxidation sites excluding steroid dienone is 1. The number of hydrogen-bond acceptors (Lipinski definition) is 18. The Labute approximate surface area is 312 Å². The van der Waals surface area contributed by atoms with Crippen LogP contribution in [0.1, 0.15) is 64.2 Å². The maximum absolute atomic E-state index is 12.5. The summed E-state index contributed by atoms with van der Waals surface area (Å²) in [5.41, 5.74) is 0. The highest BCUT2D eigenvalue weighted by Crippen LogP contribution is 2.45. The molecule has 3 heterocycles. The van der Waals surface area contributed by atoms with Gasteiger partial charge in [0.25, 0.3) is 0 Å². The number of carbonyl (C=O) groups is 1. The minimum absolute atomic E-state index is 0.0458. The van der Waals surface area contributed by atoms with Crippen molar-refractivity contribution in [2.45, 2.75) is 174 Å². The summed E-state index contributed by atoms with van der Waals surface area (Å²) in [6.45, 7) is -1.15. The Morgan fingerprint density at radius 1 is 0.611 bits per heavy atom. The second-order valence-electron chi connectivity index (χ2n) is 16.0. The Bertz CT molecular complexity index is 1230. The molecule has 6 aliphatic rings. The van der Waals surface area contributed by atoms with E-state index in [1.54, 1.807) is 6.08 Å². The van der Waals surface area contributed by atoms with Gasteiger partial charge in [-0.05, 0) is 69.6 Å². The lowest BCUT2D eigenvalue weighted by molar-refractivity contribution is -0.344. The van der Waals surface area contributed by atoms with Crippen molar-refractivity contribution in [3.63, 3.8) is 0 Å². The number of hydrogen-bond donors (Lipinski definition) is 11. The monoisotopic (exact) mass is 778 g/mol. The van der Waals surface area contributed by atoms with Crippen LogP contribution in [0.3, 0.4) is 0 Å². The highest BCUT2D eigenvalue weighted by molar-refractivity contribution is 5.81. The van der Waals surface area contributed by atoms with Crippen LogP contribution in [0.5, 0.6) is 0 Å². The predicted octanol–water partition coefficient (Wildman–Crippen LogP) is -3.53. The van der Waals surface area contributed by atoms with Crippen molar-refractivity contribution >= 4 is 5.97 Å². The van der Waals surface area contributed by atoms with Crippen molar-refractivity contribution in [2.75, 3.05) is 13.2 Å². The molecule has 3 aliphatic heterocycles. The van der Waals surface area contributed by atoms with E-state index in [1.807, 2.05) is 0 Å². The summed E-state index contributed by atoms with van der Waals surface area (Å²) in [6, 6.07) is 0. The first kappa shape index (κ1) is 42.2. The summed E-state index contributed by atoms with van der Waals surface area (Å²) in [5, 5.41) is 115. The molecule has 6 rings (SSSR count). The Balaban J connectivity index is 1.15. The van der Waals surface area contributed by atoms with Crippen LogP contribution in [0.4, 0.5) is 0 Å². The minimum atomic E-state index is -1.75. The molecule has 0 radical (unpaired) electrons. The van der Waals surface area contributed by atoms with Crippen molar-refractivity contribution in [2.24, 2.45) is 17.8 Å². The van der Waals surface area contributed by atoms with E-state index in [1.165, 1.54) is 6.08 Å². The van der Waals surface area contributed by atoms with E-state index in [0.717, 1.165) is 12.8 Å². The van der Waals surface area contributed by atoms with E-state index in [0.29, 0.717) is 19.3 Å². The average molecular weight is 779 g/mol. The second kappa shape index (κ2) is 18.4. The molecule has 9 unspecified atom stereocenters. The number of carbonyl (C=O) groups excluding carboxylic acids is 1. The quantitative estimate of drug-likeness (QED) is 0.0756. The SMILES string of the molecule is O=C(C=CC1CCC(O)CC1)OC[C@H]1O[C@@H](OC2CC(O)CC3OC(C4CCC(O)C(O)C4)C(O[C@@H]4O[C@H](CO)[C@@H](O)[C@H](O)[C@H]4O)CC32)[C@H](O)[C@@H](O)[C@@H]1O. The van der Waals surface area contributed by atoms with E-state index in [2.05, 4.69) is 0 Å². The van der Waals surface area contributed by atoms with Crippen LogP contribution < -0.4 is 0 Å². The number of fused-ring (bicyclic) bond motifs is 1. The second-order valence-corrected chi connectivity index (χ2v) is 16.0. The van der Waals surface area contributed by atoms with Crippen LogP contribution in [0.2, 0.25) is 0 Å². The van der Waals surface area contributed by atoms with Crippen molar-refractivity contribution in [3.8, 4) is 0 Å². The van der Waals surface area contributed by atoms with Gasteiger partial charge in [0.05, 0.1) is 55.4 Å². The fraction of sp³-hybridized carbons (Fsp3) is 0.917. The first-order valence-corrected chi connectivity index (χ1v) is 19.3. The summed E-state index contributed by atoms with van der Waals surface area (Å²) < 4.78 is 35.9. The molecule has 0 amide bonds. The molecule has 0 bridgehead atoms. The van der Waals surface area contributed by atoms with Crippen LogP contribution in [-0.4, -0.2) is 186 Å². The molecule has 310 valence electrons. The minimum Gasteiger partial charge on any atom is -0.460 e. The number of aliphatic hydroxyl groups is 11. The summed E-state index contributed by atoms with van der Waals surface area (Å²) in [6.07, 6.45) is -15.1. The zero-order valence-electron chi connectivity index (χ0n) is 30.0. The lowest BCUT2D eigenvalue weighted by atomic mass is 9.72. The summed E-state index contributed by atoms with van der Waals surface area (Å²) in [4.78, 5) is 12.5. The van der Waals surface area contributed by atoms with Gasteiger partial charge in [0, 0.05) is 18.4 Å². The molecule has 3 saturated heterocycles. The normalized spacial score (nSPS) is 50.4. The van der Waals surface area contributed by atoms with Gasteiger partial charge in [0.15, 0.2) is 12.6 Å². The molecule has 6 fully saturated rings. The fourth-order valence-corrected chi connectivity index (χ4v) is 8.95. The smallest absolute Gasteiger partial charge is 0.330 e. The Hall–Kier alpha value is -1.43. The summed E-state index contributed by atoms with van der Waals surface area (Å²) in [5.74, 6) is -1.48. The van der Waals surface area contributed by atoms with Gasteiger partial charge in [-0.25, -0.2) is 4.79 Å². The molecule has 11 N–H and O–H groups in total. The summed E-state index contributed by atoms with van der Waals surface area (Å²) in [7, 11) is 0. The average Bonchev–Trinajstić information content (AvgIpc) is 3.15. The van der Waals surface area contributed by atoms with Crippen LogP contribution in [-0.2, 0) is 33.2 Å². The van der Waals surface area contributed by atoms with Gasteiger partial charge in [0.1, 0.15) is 55.4 Å². The lowest BCUT2D eigenvalue weighted by Crippen LogP contribution is -2.63. The van der Waals surface area contributed by atoms with E-state index in [-0.39, 0.29) is 50.0 Å². The predicted molar refractivity (Wildman–Crippen MR) is 180 cm³/mol. The van der Waals surface area contributed by atoms with Gasteiger partial charge in [-0.15, -0.1) is 0 Å². The highest BCUT2D eigenvalue weighted by Gasteiger charge is 2.54. The van der Waals surface area contributed by atoms with Gasteiger partial charge in [-0.3, -0.25) is 0 Å². The van der Waals surface area contributed by atoms with E-state index in [9.17, 15) is 61.0 Å². The van der Waals surface area contributed by atoms with Crippen LogP contribution in [0.15, 0.2) is 12.2 Å². The molecule has 0 aromatic rings. The topological polar surface area (TPSA) is 295 Å². The third-order valence-corrected chi connectivity index (χ3v) is 12.2. The summed E-state index contributed by atoms with van der Waals surface area (Å²) >= 11 is 0.